The van der Waals surface area contributed by atoms with Crippen LogP contribution in [0.2, 0.25) is 0 Å². The van der Waals surface area contributed by atoms with E-state index in [0.717, 1.165) is 12.8 Å². The molecule has 0 amide bonds. The topological polar surface area (TPSA) is 12.4 Å². The summed E-state index contributed by atoms with van der Waals surface area (Å²) < 4.78 is 0. The molecular weight excluding hydrogens is 146 g/mol. The second-order valence-electron chi connectivity index (χ2n) is 2.89. The highest BCUT2D eigenvalue weighted by molar-refractivity contribution is 5.82. The Hall–Kier alpha value is -0.850. The first-order valence-corrected chi connectivity index (χ1v) is 4.57. The summed E-state index contributed by atoms with van der Waals surface area (Å²) in [6.45, 7) is 8.39. The Labute approximate surface area is 75.9 Å². The van der Waals surface area contributed by atoms with Gasteiger partial charge in [-0.15, -0.1) is 0 Å². The van der Waals surface area contributed by atoms with Crippen LogP contribution < -0.4 is 0 Å². The maximum atomic E-state index is 4.26. The van der Waals surface area contributed by atoms with Gasteiger partial charge in [-0.3, -0.25) is 4.99 Å². The molecule has 0 unspecified atom stereocenters. The molecule has 0 bridgehead atoms. The molecule has 0 aromatic rings. The van der Waals surface area contributed by atoms with Crippen LogP contribution >= 0.6 is 0 Å². The minimum Gasteiger partial charge on any atom is -0.266 e. The molecule has 0 radical (unpaired) electrons. The molecule has 0 fully saturated rings. The molecule has 0 N–H and O–H groups in total. The highest BCUT2D eigenvalue weighted by Crippen LogP contribution is 1.97. The molecule has 0 aromatic carbocycles. The lowest BCUT2D eigenvalue weighted by Gasteiger charge is -1.90. The number of rotatable bonds is 4. The molecule has 1 nitrogen and oxygen atoms in total. The molecule has 12 heavy (non-hydrogen) atoms. The van der Waals surface area contributed by atoms with Gasteiger partial charge < -0.3 is 0 Å². The third kappa shape index (κ3) is 5.90. The number of hydrogen-bond acceptors (Lipinski definition) is 1. The van der Waals surface area contributed by atoms with E-state index in [1.54, 1.807) is 0 Å². The quantitative estimate of drug-likeness (QED) is 0.444. The van der Waals surface area contributed by atoms with Crippen molar-refractivity contribution < 1.29 is 0 Å². The summed E-state index contributed by atoms with van der Waals surface area (Å²) in [5.74, 6) is 0. The van der Waals surface area contributed by atoms with E-state index in [4.69, 9.17) is 0 Å². The normalized spacial score (nSPS) is 14.3. The third-order valence-corrected chi connectivity index (χ3v) is 1.67. The highest BCUT2D eigenvalue weighted by Gasteiger charge is 1.81. The standard InChI is InChI=1S/C11H19N/c1-5-7-10(3)8-9-12-11(4)6-2/h7-9H,5-6H2,1-4H3/b9-8-,10-7+,12-11+. The van der Waals surface area contributed by atoms with Gasteiger partial charge >= 0.3 is 0 Å². The van der Waals surface area contributed by atoms with Crippen molar-refractivity contribution in [1.29, 1.82) is 0 Å². The maximum absolute atomic E-state index is 4.26. The molecule has 0 atom stereocenters. The van der Waals surface area contributed by atoms with Crippen LogP contribution in [-0.4, -0.2) is 5.71 Å². The van der Waals surface area contributed by atoms with Crippen LogP contribution in [0.4, 0.5) is 0 Å². The smallest absolute Gasteiger partial charge is 0.0269 e. The van der Waals surface area contributed by atoms with Gasteiger partial charge in [-0.2, -0.15) is 0 Å². The van der Waals surface area contributed by atoms with E-state index in [1.807, 2.05) is 19.2 Å². The predicted molar refractivity (Wildman–Crippen MR) is 56.6 cm³/mol. The van der Waals surface area contributed by atoms with Crippen molar-refractivity contribution in [3.8, 4) is 0 Å². The first-order valence-electron chi connectivity index (χ1n) is 4.57. The molecule has 0 aliphatic carbocycles. The Balaban J connectivity index is 3.99. The molecule has 0 spiro atoms. The largest absolute Gasteiger partial charge is 0.266 e. The fraction of sp³-hybridized carbons (Fsp3) is 0.545. The van der Waals surface area contributed by atoms with Crippen molar-refractivity contribution >= 4 is 5.71 Å². The van der Waals surface area contributed by atoms with Crippen LogP contribution in [-0.2, 0) is 0 Å². The van der Waals surface area contributed by atoms with Gasteiger partial charge in [0.1, 0.15) is 0 Å². The molecule has 0 rings (SSSR count). The zero-order valence-corrected chi connectivity index (χ0v) is 8.59. The van der Waals surface area contributed by atoms with Crippen LogP contribution in [0, 0.1) is 0 Å². The van der Waals surface area contributed by atoms with Crippen molar-refractivity contribution in [2.24, 2.45) is 4.99 Å². The molecule has 0 aliphatic heterocycles. The Kier molecular flexibility index (Phi) is 6.35. The first-order chi connectivity index (χ1) is 5.70. The van der Waals surface area contributed by atoms with E-state index >= 15 is 0 Å². The van der Waals surface area contributed by atoms with Gasteiger partial charge in [-0.1, -0.05) is 25.5 Å². The van der Waals surface area contributed by atoms with Crippen LogP contribution in [0.3, 0.4) is 0 Å². The van der Waals surface area contributed by atoms with E-state index < -0.39 is 0 Å². The summed E-state index contributed by atoms with van der Waals surface area (Å²) in [6, 6.07) is 0. The van der Waals surface area contributed by atoms with E-state index in [2.05, 4.69) is 31.8 Å². The zero-order chi connectivity index (χ0) is 9.40. The molecule has 0 aliphatic rings. The Morgan fingerprint density at radius 1 is 1.25 bits per heavy atom. The van der Waals surface area contributed by atoms with E-state index in [-0.39, 0.29) is 0 Å². The fourth-order valence-corrected chi connectivity index (χ4v) is 0.763. The summed E-state index contributed by atoms with van der Waals surface area (Å²) in [5, 5.41) is 0. The lowest BCUT2D eigenvalue weighted by molar-refractivity contribution is 1.19. The summed E-state index contributed by atoms with van der Waals surface area (Å²) in [7, 11) is 0. The van der Waals surface area contributed by atoms with Crippen molar-refractivity contribution in [2.75, 3.05) is 0 Å². The monoisotopic (exact) mass is 165 g/mol. The summed E-state index contributed by atoms with van der Waals surface area (Å²) in [5.41, 5.74) is 2.46. The Morgan fingerprint density at radius 3 is 2.42 bits per heavy atom. The van der Waals surface area contributed by atoms with Gasteiger partial charge in [0.05, 0.1) is 0 Å². The van der Waals surface area contributed by atoms with Gasteiger partial charge in [0.25, 0.3) is 0 Å². The highest BCUT2D eigenvalue weighted by atomic mass is 14.7. The number of aliphatic imine (C=N–C) groups is 1. The second kappa shape index (κ2) is 6.84. The summed E-state index contributed by atoms with van der Waals surface area (Å²) in [4.78, 5) is 4.26. The van der Waals surface area contributed by atoms with Crippen molar-refractivity contribution in [3.05, 3.63) is 23.9 Å². The molecule has 0 saturated heterocycles. The van der Waals surface area contributed by atoms with Gasteiger partial charge in [0.2, 0.25) is 0 Å². The van der Waals surface area contributed by atoms with Gasteiger partial charge in [-0.25, -0.2) is 0 Å². The third-order valence-electron chi connectivity index (χ3n) is 1.67. The van der Waals surface area contributed by atoms with Crippen molar-refractivity contribution in [2.45, 2.75) is 40.5 Å². The van der Waals surface area contributed by atoms with Crippen molar-refractivity contribution in [3.63, 3.8) is 0 Å². The molecular formula is C11H19N. The summed E-state index contributed by atoms with van der Waals surface area (Å²) in [6.07, 6.45) is 8.23. The van der Waals surface area contributed by atoms with Crippen LogP contribution in [0.1, 0.15) is 40.5 Å². The maximum Gasteiger partial charge on any atom is 0.0269 e. The number of nitrogens with zero attached hydrogens (tertiary/aromatic N) is 1. The summed E-state index contributed by atoms with van der Waals surface area (Å²) >= 11 is 0. The van der Waals surface area contributed by atoms with E-state index in [0.29, 0.717) is 0 Å². The van der Waals surface area contributed by atoms with Crippen LogP contribution in [0.15, 0.2) is 28.9 Å². The van der Waals surface area contributed by atoms with Crippen LogP contribution in [0.5, 0.6) is 0 Å². The van der Waals surface area contributed by atoms with E-state index in [1.165, 1.54) is 11.3 Å². The number of allylic oxidation sites excluding steroid dienone is 3. The average molecular weight is 165 g/mol. The SMILES string of the molecule is CC/C=C(C)/C=C\N=C(/C)CC. The fourth-order valence-electron chi connectivity index (χ4n) is 0.763. The molecule has 0 heterocycles. The van der Waals surface area contributed by atoms with E-state index in [9.17, 15) is 0 Å². The second-order valence-corrected chi connectivity index (χ2v) is 2.89. The van der Waals surface area contributed by atoms with Crippen LogP contribution in [0.25, 0.3) is 0 Å². The molecule has 0 aromatic heterocycles. The molecule has 68 valence electrons. The minimum absolute atomic E-state index is 1.03. The van der Waals surface area contributed by atoms with Crippen molar-refractivity contribution in [1.82, 2.24) is 0 Å². The Bertz CT molecular complexity index is 197. The Morgan fingerprint density at radius 2 is 1.92 bits per heavy atom. The molecule has 0 saturated carbocycles. The van der Waals surface area contributed by atoms with Gasteiger partial charge in [0.15, 0.2) is 0 Å². The average Bonchev–Trinajstić information content (AvgIpc) is 2.04. The lowest BCUT2D eigenvalue weighted by atomic mass is 10.2. The lowest BCUT2D eigenvalue weighted by Crippen LogP contribution is -1.83. The number of hydrogen-bond donors (Lipinski definition) is 0. The van der Waals surface area contributed by atoms with Gasteiger partial charge in [0, 0.05) is 11.9 Å². The zero-order valence-electron chi connectivity index (χ0n) is 8.59. The molecule has 1 heteroatoms. The first kappa shape index (κ1) is 11.2. The minimum atomic E-state index is 1.03. The van der Waals surface area contributed by atoms with Gasteiger partial charge in [-0.05, 0) is 32.8 Å². The predicted octanol–water partition coefficient (Wildman–Crippen LogP) is 3.73.